The molecule has 6 aliphatic rings. The van der Waals surface area contributed by atoms with E-state index in [0.717, 1.165) is 29.0 Å². The molecule has 2 nitrogen and oxygen atoms in total. The van der Waals surface area contributed by atoms with E-state index < -0.39 is 0 Å². The Bertz CT molecular complexity index is 2200. The van der Waals surface area contributed by atoms with E-state index in [2.05, 4.69) is 148 Å². The monoisotopic (exact) mass is 653 g/mol. The van der Waals surface area contributed by atoms with Gasteiger partial charge in [0.2, 0.25) is 0 Å². The standard InChI is InChI=1S/C48H47NO/c1-45(2)24-25-46(3,4)43-35(45)19-12-21-37(43)49(33-16-9-6-10-17-33)38-22-13-20-36-44(38)50-39-23-11-18-34(31-14-7-5-8-15-31)42(39)48(36)40-27-30-26-32-28-41(48)47(32,40)29-30/h5-23,30,32,40-41H,24-29H2,1-4H3. The van der Waals surface area contributed by atoms with Gasteiger partial charge in [0.15, 0.2) is 5.75 Å². The predicted molar refractivity (Wildman–Crippen MR) is 204 cm³/mol. The molecule has 6 atom stereocenters. The molecule has 0 aromatic heterocycles. The quantitative estimate of drug-likeness (QED) is 0.191. The highest BCUT2D eigenvalue weighted by molar-refractivity contribution is 5.87. The van der Waals surface area contributed by atoms with Crippen LogP contribution in [0, 0.1) is 29.1 Å². The van der Waals surface area contributed by atoms with Gasteiger partial charge in [-0.25, -0.2) is 0 Å². The van der Waals surface area contributed by atoms with Gasteiger partial charge < -0.3 is 9.64 Å². The average molecular weight is 654 g/mol. The van der Waals surface area contributed by atoms with Crippen LogP contribution in [0.2, 0.25) is 0 Å². The van der Waals surface area contributed by atoms with Crippen LogP contribution in [0.1, 0.15) is 88.5 Å². The van der Waals surface area contributed by atoms with E-state index in [1.54, 1.807) is 0 Å². The smallest absolute Gasteiger partial charge is 0.155 e. The minimum atomic E-state index is -0.0310. The molecule has 0 amide bonds. The molecule has 2 spiro atoms. The summed E-state index contributed by atoms with van der Waals surface area (Å²) in [6.07, 6.45) is 8.00. The third-order valence-corrected chi connectivity index (χ3v) is 15.0. The Labute approximate surface area is 297 Å². The minimum absolute atomic E-state index is 0.0310. The highest BCUT2D eigenvalue weighted by atomic mass is 16.5. The highest BCUT2D eigenvalue weighted by Crippen LogP contribution is 2.90. The Morgan fingerprint density at radius 2 is 1.28 bits per heavy atom. The number of fused-ring (bicyclic) bond motifs is 8. The Morgan fingerprint density at radius 1 is 0.600 bits per heavy atom. The fourth-order valence-corrected chi connectivity index (χ4v) is 13.1. The summed E-state index contributed by atoms with van der Waals surface area (Å²) < 4.78 is 7.41. The van der Waals surface area contributed by atoms with Crippen LogP contribution < -0.4 is 9.64 Å². The van der Waals surface area contributed by atoms with Gasteiger partial charge in [-0.05, 0) is 131 Å². The number of benzene rings is 5. The maximum atomic E-state index is 7.41. The van der Waals surface area contributed by atoms with Gasteiger partial charge in [-0.1, -0.05) is 113 Å². The first-order chi connectivity index (χ1) is 24.2. The zero-order chi connectivity index (χ0) is 33.6. The Kier molecular flexibility index (Phi) is 5.72. The van der Waals surface area contributed by atoms with Crippen LogP contribution in [0.5, 0.6) is 11.5 Å². The maximum Gasteiger partial charge on any atom is 0.155 e. The molecule has 250 valence electrons. The number of hydrogen-bond donors (Lipinski definition) is 0. The summed E-state index contributed by atoms with van der Waals surface area (Å²) >= 11 is 0. The lowest BCUT2D eigenvalue weighted by Crippen LogP contribution is -2.74. The molecule has 5 aromatic carbocycles. The summed E-state index contributed by atoms with van der Waals surface area (Å²) in [6, 6.07) is 43.3. The molecular formula is C48H47NO. The van der Waals surface area contributed by atoms with Crippen LogP contribution in [0.4, 0.5) is 17.1 Å². The zero-order valence-electron chi connectivity index (χ0n) is 29.9. The molecule has 1 heterocycles. The second-order valence-corrected chi connectivity index (χ2v) is 18.0. The summed E-state index contributed by atoms with van der Waals surface area (Å²) in [4.78, 5) is 2.55. The number of ether oxygens (including phenoxy) is 1. The molecule has 5 aromatic rings. The van der Waals surface area contributed by atoms with Crippen molar-refractivity contribution in [2.75, 3.05) is 4.90 Å². The van der Waals surface area contributed by atoms with Crippen LogP contribution in [-0.2, 0) is 16.2 Å². The molecular weight excluding hydrogens is 607 g/mol. The van der Waals surface area contributed by atoms with E-state index in [9.17, 15) is 0 Å². The molecule has 1 aliphatic heterocycles. The van der Waals surface area contributed by atoms with Crippen molar-refractivity contribution in [1.29, 1.82) is 0 Å². The van der Waals surface area contributed by atoms with Gasteiger partial charge in [0, 0.05) is 22.2 Å². The Balaban J connectivity index is 1.19. The fraction of sp³-hybridized carbons (Fsp3) is 0.375. The van der Waals surface area contributed by atoms with Gasteiger partial charge >= 0.3 is 0 Å². The molecule has 11 rings (SSSR count). The fourth-order valence-electron chi connectivity index (χ4n) is 13.1. The van der Waals surface area contributed by atoms with E-state index >= 15 is 0 Å². The second kappa shape index (κ2) is 9.72. The third kappa shape index (κ3) is 3.46. The zero-order valence-corrected chi connectivity index (χ0v) is 29.9. The van der Waals surface area contributed by atoms with E-state index in [4.69, 9.17) is 4.74 Å². The van der Waals surface area contributed by atoms with E-state index in [1.807, 2.05) is 0 Å². The van der Waals surface area contributed by atoms with Crippen molar-refractivity contribution in [2.45, 2.75) is 82.5 Å². The summed E-state index contributed by atoms with van der Waals surface area (Å²) in [6.45, 7) is 9.78. The van der Waals surface area contributed by atoms with Crippen LogP contribution in [0.25, 0.3) is 11.1 Å². The molecule has 0 radical (unpaired) electrons. The molecule has 50 heavy (non-hydrogen) atoms. The van der Waals surface area contributed by atoms with Crippen molar-refractivity contribution in [3.63, 3.8) is 0 Å². The molecule has 0 saturated heterocycles. The van der Waals surface area contributed by atoms with Crippen LogP contribution >= 0.6 is 0 Å². The van der Waals surface area contributed by atoms with E-state index in [1.165, 1.54) is 83.3 Å². The minimum Gasteiger partial charge on any atom is -0.454 e. The van der Waals surface area contributed by atoms with Crippen LogP contribution in [0.15, 0.2) is 115 Å². The summed E-state index contributed by atoms with van der Waals surface area (Å²) in [5.74, 6) is 5.30. The highest BCUT2D eigenvalue weighted by Gasteiger charge is 2.84. The van der Waals surface area contributed by atoms with Crippen molar-refractivity contribution in [2.24, 2.45) is 29.1 Å². The summed E-state index contributed by atoms with van der Waals surface area (Å²) in [7, 11) is 0. The molecule has 5 aliphatic carbocycles. The number of rotatable bonds is 4. The number of hydrogen-bond acceptors (Lipinski definition) is 2. The second-order valence-electron chi connectivity index (χ2n) is 18.0. The van der Waals surface area contributed by atoms with Crippen molar-refractivity contribution in [3.05, 3.63) is 138 Å². The third-order valence-electron chi connectivity index (χ3n) is 15.0. The largest absolute Gasteiger partial charge is 0.454 e. The van der Waals surface area contributed by atoms with Crippen LogP contribution in [0.3, 0.4) is 0 Å². The number of para-hydroxylation sites is 2. The van der Waals surface area contributed by atoms with Gasteiger partial charge in [-0.3, -0.25) is 0 Å². The first kappa shape index (κ1) is 29.4. The van der Waals surface area contributed by atoms with Crippen molar-refractivity contribution >= 4 is 17.1 Å². The van der Waals surface area contributed by atoms with Crippen molar-refractivity contribution < 1.29 is 4.74 Å². The van der Waals surface area contributed by atoms with E-state index in [0.29, 0.717) is 17.3 Å². The lowest BCUT2D eigenvalue weighted by atomic mass is 9.26. The van der Waals surface area contributed by atoms with Gasteiger partial charge in [0.05, 0.1) is 11.4 Å². The molecule has 2 bridgehead atoms. The molecule has 6 unspecified atom stereocenters. The average Bonchev–Trinajstić information content (AvgIpc) is 3.66. The molecule has 2 heteroatoms. The first-order valence-corrected chi connectivity index (χ1v) is 19.2. The maximum absolute atomic E-state index is 7.41. The topological polar surface area (TPSA) is 12.5 Å². The first-order valence-electron chi connectivity index (χ1n) is 19.2. The van der Waals surface area contributed by atoms with Crippen molar-refractivity contribution in [3.8, 4) is 22.6 Å². The lowest BCUT2D eigenvalue weighted by Gasteiger charge is -2.77. The lowest BCUT2D eigenvalue weighted by molar-refractivity contribution is -0.234. The van der Waals surface area contributed by atoms with Crippen LogP contribution in [-0.4, -0.2) is 0 Å². The normalized spacial score (nSPS) is 31.0. The number of anilines is 3. The predicted octanol–water partition coefficient (Wildman–Crippen LogP) is 12.6. The summed E-state index contributed by atoms with van der Waals surface area (Å²) in [5, 5.41) is 0. The number of nitrogens with zero attached hydrogens (tertiary/aromatic N) is 1. The molecule has 4 saturated carbocycles. The van der Waals surface area contributed by atoms with E-state index in [-0.39, 0.29) is 16.2 Å². The SMILES string of the molecule is CC1(C)CCC(C)(C)c2c(N(c3ccccc3)c3cccc4c3Oc3cccc(-c5ccccc5)c3C43C4CC5CC6CC3C64C5)cccc21. The van der Waals surface area contributed by atoms with Gasteiger partial charge in [0.1, 0.15) is 5.75 Å². The Hall–Kier alpha value is -4.30. The molecule has 0 N–H and O–H groups in total. The van der Waals surface area contributed by atoms with Gasteiger partial charge in [-0.2, -0.15) is 0 Å². The Morgan fingerprint density at radius 3 is 2.06 bits per heavy atom. The van der Waals surface area contributed by atoms with Crippen molar-refractivity contribution in [1.82, 2.24) is 0 Å². The molecule has 4 fully saturated rings. The summed E-state index contributed by atoms with van der Waals surface area (Å²) in [5.41, 5.74) is 12.8. The van der Waals surface area contributed by atoms with Gasteiger partial charge in [0.25, 0.3) is 0 Å². The van der Waals surface area contributed by atoms with Gasteiger partial charge in [-0.15, -0.1) is 0 Å².